The van der Waals surface area contributed by atoms with Gasteiger partial charge in [-0.1, -0.05) is 91.8 Å². The highest BCUT2D eigenvalue weighted by Gasteiger charge is 2.17. The standard InChI is InChI=1S/C29H41N2.Al/c1-18(2)24-13-11-14-25(19(3)4)28(24)30-22(9)17-23(10)31-29-26(20(5)6)15-12-16-27(29)21(7)8;/h11-21H,1-10H3;/q-1;+1/b22-17-,31-23?;. The van der Waals surface area contributed by atoms with Gasteiger partial charge in [0.05, 0.1) is 5.69 Å². The van der Waals surface area contributed by atoms with Crippen molar-refractivity contribution >= 4 is 33.6 Å². The minimum absolute atomic E-state index is 0.440. The third-order valence-corrected chi connectivity index (χ3v) is 6.68. The van der Waals surface area contributed by atoms with Crippen molar-refractivity contribution in [3.63, 3.8) is 0 Å². The number of aliphatic imine (C=N–C) groups is 1. The first kappa shape index (κ1) is 26.4. The largest absolute Gasteiger partial charge is 0.455 e. The van der Waals surface area contributed by atoms with E-state index in [0.717, 1.165) is 11.4 Å². The van der Waals surface area contributed by atoms with Gasteiger partial charge in [-0.05, 0) is 71.5 Å². The fourth-order valence-corrected chi connectivity index (χ4v) is 4.56. The summed E-state index contributed by atoms with van der Waals surface area (Å²) in [6, 6.07) is 13.3. The minimum Gasteiger partial charge on any atom is -0.455 e. The quantitative estimate of drug-likeness (QED) is 0.293. The van der Waals surface area contributed by atoms with Crippen LogP contribution in [-0.4, -0.2) is 22.2 Å². The van der Waals surface area contributed by atoms with Gasteiger partial charge in [0.15, 0.2) is 0 Å². The lowest BCUT2D eigenvalue weighted by Gasteiger charge is -2.31. The maximum Gasteiger partial charge on any atom is 0.317 e. The molecule has 2 nitrogen and oxygen atoms in total. The first-order valence-electron chi connectivity index (χ1n) is 12.0. The predicted octanol–water partition coefficient (Wildman–Crippen LogP) is 8.77. The molecule has 0 amide bonds. The van der Waals surface area contributed by atoms with Gasteiger partial charge in [-0.3, -0.25) is 4.99 Å². The van der Waals surface area contributed by atoms with Crippen molar-refractivity contribution in [2.24, 2.45) is 4.99 Å². The molecule has 2 aromatic carbocycles. The number of para-hydroxylation sites is 2. The zero-order chi connectivity index (χ0) is 24.2. The maximum atomic E-state index is 5.14. The number of anilines is 1. The van der Waals surface area contributed by atoms with Crippen molar-refractivity contribution in [1.82, 2.24) is 0 Å². The summed E-state index contributed by atoms with van der Waals surface area (Å²) in [5.74, 6) is 1.80. The van der Waals surface area contributed by atoms with Gasteiger partial charge in [-0.15, -0.1) is 0 Å². The van der Waals surface area contributed by atoms with Gasteiger partial charge in [-0.2, -0.15) is 0 Å². The van der Waals surface area contributed by atoms with Crippen LogP contribution in [0.1, 0.15) is 115 Å². The molecule has 0 unspecified atom stereocenters. The maximum absolute atomic E-state index is 5.14. The van der Waals surface area contributed by atoms with Crippen LogP contribution in [0.15, 0.2) is 53.2 Å². The van der Waals surface area contributed by atoms with Gasteiger partial charge in [0.25, 0.3) is 0 Å². The van der Waals surface area contributed by atoms with Crippen LogP contribution in [0.5, 0.6) is 0 Å². The smallest absolute Gasteiger partial charge is 0.317 e. The van der Waals surface area contributed by atoms with Crippen LogP contribution < -0.4 is 3.88 Å². The van der Waals surface area contributed by atoms with Crippen LogP contribution in [-0.2, 0) is 0 Å². The molecule has 0 fully saturated rings. The molecule has 0 saturated heterocycles. The van der Waals surface area contributed by atoms with E-state index in [2.05, 4.69) is 132 Å². The van der Waals surface area contributed by atoms with Crippen molar-refractivity contribution < 1.29 is 0 Å². The van der Waals surface area contributed by atoms with E-state index in [9.17, 15) is 0 Å². The molecule has 0 aliphatic heterocycles. The Bertz CT molecular complexity index is 928. The number of hydrogen-bond donors (Lipinski definition) is 0. The third kappa shape index (κ3) is 6.15. The van der Waals surface area contributed by atoms with Crippen molar-refractivity contribution in [2.45, 2.75) is 92.9 Å². The van der Waals surface area contributed by atoms with E-state index < -0.39 is 0 Å². The van der Waals surface area contributed by atoms with Gasteiger partial charge in [0.2, 0.25) is 0 Å². The van der Waals surface area contributed by atoms with Gasteiger partial charge in [0.1, 0.15) is 0 Å². The van der Waals surface area contributed by atoms with Crippen LogP contribution in [0.4, 0.5) is 11.4 Å². The topological polar surface area (TPSA) is 15.6 Å². The average Bonchev–Trinajstić information content (AvgIpc) is 2.71. The first-order valence-corrected chi connectivity index (χ1v) is 12.5. The molecule has 0 bridgehead atoms. The molecule has 2 aromatic rings. The second-order valence-electron chi connectivity index (χ2n) is 10.1. The van der Waals surface area contributed by atoms with Crippen molar-refractivity contribution in [3.05, 3.63) is 70.4 Å². The second-order valence-corrected chi connectivity index (χ2v) is 10.6. The Hall–Kier alpha value is -1.82. The molecule has 0 atom stereocenters. The molecule has 0 saturated carbocycles. The lowest BCUT2D eigenvalue weighted by Crippen LogP contribution is -2.21. The molecule has 3 heteroatoms. The van der Waals surface area contributed by atoms with E-state index in [0.29, 0.717) is 23.7 Å². The van der Waals surface area contributed by atoms with E-state index in [1.807, 2.05) is 0 Å². The molecule has 0 heterocycles. The van der Waals surface area contributed by atoms with Gasteiger partial charge >= 0.3 is 16.5 Å². The van der Waals surface area contributed by atoms with Gasteiger partial charge in [0, 0.05) is 11.4 Å². The summed E-state index contributed by atoms with van der Waals surface area (Å²) in [5.41, 5.74) is 10.0. The Balaban J connectivity index is 2.55. The third-order valence-electron chi connectivity index (χ3n) is 6.01. The predicted molar refractivity (Wildman–Crippen MR) is 144 cm³/mol. The molecular formula is C29H41AlN2. The van der Waals surface area contributed by atoms with Crippen LogP contribution in [0.3, 0.4) is 0 Å². The molecule has 0 N–H and O–H groups in total. The summed E-state index contributed by atoms with van der Waals surface area (Å²) >= 11 is 2.94. The van der Waals surface area contributed by atoms with E-state index in [1.54, 1.807) is 0 Å². The molecule has 0 aliphatic rings. The summed E-state index contributed by atoms with van der Waals surface area (Å²) in [6.45, 7) is 22.3. The van der Waals surface area contributed by atoms with E-state index in [1.165, 1.54) is 33.6 Å². The molecule has 0 aliphatic carbocycles. The summed E-state index contributed by atoms with van der Waals surface area (Å²) in [5, 5.41) is 0. The monoisotopic (exact) mass is 444 g/mol. The molecule has 2 radical (unpaired) electrons. The average molecular weight is 445 g/mol. The summed E-state index contributed by atoms with van der Waals surface area (Å²) in [6.07, 6.45) is 2.20. The molecule has 2 rings (SSSR count). The SMILES string of the molecule is CC(/C=C(/C)[N]([Al])c1c(C(C)C)cccc1C(C)C)=Nc1c(C(C)C)cccc1C(C)C. The first-order chi connectivity index (χ1) is 15.0. The highest BCUT2D eigenvalue weighted by Crippen LogP contribution is 2.37. The van der Waals surface area contributed by atoms with Gasteiger partial charge in [-0.25, -0.2) is 0 Å². The Morgan fingerprint density at radius 1 is 0.719 bits per heavy atom. The highest BCUT2D eigenvalue weighted by atomic mass is 27.1. The zero-order valence-electron chi connectivity index (χ0n) is 21.8. The Morgan fingerprint density at radius 3 is 1.47 bits per heavy atom. The van der Waals surface area contributed by atoms with Crippen LogP contribution in [0, 0.1) is 0 Å². The fourth-order valence-electron chi connectivity index (χ4n) is 4.19. The van der Waals surface area contributed by atoms with Crippen molar-refractivity contribution in [2.75, 3.05) is 3.88 Å². The molecular weight excluding hydrogens is 403 g/mol. The Labute approximate surface area is 205 Å². The number of nitrogens with zero attached hydrogens (tertiary/aromatic N) is 2. The van der Waals surface area contributed by atoms with Crippen molar-refractivity contribution in [1.29, 1.82) is 0 Å². The normalized spacial score (nSPS) is 13.1. The van der Waals surface area contributed by atoms with E-state index in [-0.39, 0.29) is 0 Å². The molecule has 32 heavy (non-hydrogen) atoms. The minimum atomic E-state index is 0.440. The van der Waals surface area contributed by atoms with Crippen LogP contribution >= 0.6 is 0 Å². The number of rotatable bonds is 8. The molecule has 0 spiro atoms. The van der Waals surface area contributed by atoms with Crippen molar-refractivity contribution in [3.8, 4) is 0 Å². The highest BCUT2D eigenvalue weighted by molar-refractivity contribution is 6.21. The summed E-state index contributed by atoms with van der Waals surface area (Å²) < 4.78 is 2.27. The molecule has 0 aromatic heterocycles. The lowest BCUT2D eigenvalue weighted by atomic mass is 9.92. The fraction of sp³-hybridized carbons (Fsp3) is 0.483. The molecule has 170 valence electrons. The number of allylic oxidation sites excluding steroid dienone is 2. The van der Waals surface area contributed by atoms with Crippen LogP contribution in [0.25, 0.3) is 0 Å². The van der Waals surface area contributed by atoms with E-state index >= 15 is 0 Å². The van der Waals surface area contributed by atoms with E-state index in [4.69, 9.17) is 4.99 Å². The van der Waals surface area contributed by atoms with Crippen LogP contribution in [0.2, 0.25) is 0 Å². The summed E-state index contributed by atoms with van der Waals surface area (Å²) in [7, 11) is 0. The Morgan fingerprint density at radius 2 is 1.09 bits per heavy atom. The zero-order valence-corrected chi connectivity index (χ0v) is 23.0. The lowest BCUT2D eigenvalue weighted by molar-refractivity contribution is 0.831. The Kier molecular flexibility index (Phi) is 9.38. The summed E-state index contributed by atoms with van der Waals surface area (Å²) in [4.78, 5) is 5.14. The second kappa shape index (κ2) is 11.4. The number of hydrogen-bond acceptors (Lipinski definition) is 2. The van der Waals surface area contributed by atoms with Gasteiger partial charge < -0.3 is 3.88 Å². The number of benzene rings is 2.